The normalized spacial score (nSPS) is 21.9. The summed E-state index contributed by atoms with van der Waals surface area (Å²) < 4.78 is 0. The van der Waals surface area contributed by atoms with Crippen LogP contribution in [0, 0.1) is 21.4 Å². The van der Waals surface area contributed by atoms with Crippen LogP contribution in [0.3, 0.4) is 0 Å². The van der Waals surface area contributed by atoms with Crippen molar-refractivity contribution in [1.82, 2.24) is 0 Å². The SMILES string of the molecule is CS[C@@H]1CC[C@@H](Nc2ccc([N+](=O)[O-])c(C#N)c2)C1. The van der Waals surface area contributed by atoms with Crippen LogP contribution in [0.25, 0.3) is 0 Å². The lowest BCUT2D eigenvalue weighted by Gasteiger charge is -2.14. The zero-order valence-electron chi connectivity index (χ0n) is 10.6. The predicted octanol–water partition coefficient (Wildman–Crippen LogP) is 3.16. The summed E-state index contributed by atoms with van der Waals surface area (Å²) in [6.45, 7) is 0. The molecular weight excluding hydrogens is 262 g/mol. The molecule has 1 aromatic rings. The second-order valence-electron chi connectivity index (χ2n) is 4.61. The zero-order valence-corrected chi connectivity index (χ0v) is 11.4. The number of nitro groups is 1. The van der Waals surface area contributed by atoms with Gasteiger partial charge in [-0.1, -0.05) is 0 Å². The number of nitrogens with one attached hydrogen (secondary N) is 1. The van der Waals surface area contributed by atoms with Crippen molar-refractivity contribution in [3.8, 4) is 6.07 Å². The molecule has 0 spiro atoms. The first-order valence-corrected chi connectivity index (χ1v) is 7.40. The molecule has 6 heteroatoms. The molecule has 100 valence electrons. The van der Waals surface area contributed by atoms with Gasteiger partial charge in [0, 0.05) is 23.0 Å². The summed E-state index contributed by atoms with van der Waals surface area (Å²) >= 11 is 1.88. The van der Waals surface area contributed by atoms with Gasteiger partial charge in [-0.05, 0) is 37.7 Å². The van der Waals surface area contributed by atoms with Crippen LogP contribution in [0.2, 0.25) is 0 Å². The average Bonchev–Trinajstić information content (AvgIpc) is 2.86. The highest BCUT2D eigenvalue weighted by Gasteiger charge is 2.24. The van der Waals surface area contributed by atoms with Crippen LogP contribution in [0.1, 0.15) is 24.8 Å². The maximum Gasteiger partial charge on any atom is 0.287 e. The third-order valence-corrected chi connectivity index (χ3v) is 4.50. The van der Waals surface area contributed by atoms with Crippen LogP contribution in [0.15, 0.2) is 18.2 Å². The molecule has 1 aliphatic rings. The molecule has 0 saturated heterocycles. The lowest BCUT2D eigenvalue weighted by Crippen LogP contribution is -2.16. The summed E-state index contributed by atoms with van der Waals surface area (Å²) in [5.74, 6) is 0. The fraction of sp³-hybridized carbons (Fsp3) is 0.462. The van der Waals surface area contributed by atoms with Gasteiger partial charge in [-0.15, -0.1) is 0 Å². The Labute approximate surface area is 116 Å². The molecule has 0 radical (unpaired) electrons. The Bertz CT molecular complexity index is 527. The molecule has 1 saturated carbocycles. The second-order valence-corrected chi connectivity index (χ2v) is 5.75. The Morgan fingerprint density at radius 3 is 2.89 bits per heavy atom. The highest BCUT2D eigenvalue weighted by Crippen LogP contribution is 2.31. The van der Waals surface area contributed by atoms with Crippen molar-refractivity contribution in [3.05, 3.63) is 33.9 Å². The number of thioether (sulfide) groups is 1. The van der Waals surface area contributed by atoms with Crippen molar-refractivity contribution in [3.63, 3.8) is 0 Å². The smallest absolute Gasteiger partial charge is 0.287 e. The van der Waals surface area contributed by atoms with E-state index in [0.717, 1.165) is 18.5 Å². The Kier molecular flexibility index (Phi) is 4.27. The molecule has 0 aromatic heterocycles. The van der Waals surface area contributed by atoms with E-state index in [1.165, 1.54) is 12.5 Å². The summed E-state index contributed by atoms with van der Waals surface area (Å²) in [6, 6.07) is 6.89. The van der Waals surface area contributed by atoms with Gasteiger partial charge in [-0.2, -0.15) is 17.0 Å². The highest BCUT2D eigenvalue weighted by molar-refractivity contribution is 7.99. The molecule has 2 atom stereocenters. The van der Waals surface area contributed by atoms with Crippen LogP contribution < -0.4 is 5.32 Å². The quantitative estimate of drug-likeness (QED) is 0.675. The van der Waals surface area contributed by atoms with E-state index >= 15 is 0 Å². The van der Waals surface area contributed by atoms with Gasteiger partial charge in [0.15, 0.2) is 0 Å². The Morgan fingerprint density at radius 1 is 1.53 bits per heavy atom. The standard InChI is InChI=1S/C13H15N3O2S/c1-19-12-4-2-11(7-12)15-10-3-5-13(16(17)18)9(6-10)8-14/h3,5-6,11-12,15H,2,4,7H2,1H3/t11-,12-/m1/s1. The summed E-state index contributed by atoms with van der Waals surface area (Å²) in [4.78, 5) is 10.2. The molecule has 1 aromatic carbocycles. The molecule has 0 aliphatic heterocycles. The van der Waals surface area contributed by atoms with E-state index in [0.29, 0.717) is 11.3 Å². The molecule has 0 heterocycles. The number of nitrogens with zero attached hydrogens (tertiary/aromatic N) is 2. The third kappa shape index (κ3) is 3.18. The van der Waals surface area contributed by atoms with Crippen molar-refractivity contribution < 1.29 is 4.92 Å². The molecule has 1 aliphatic carbocycles. The largest absolute Gasteiger partial charge is 0.382 e. The van der Waals surface area contributed by atoms with E-state index in [4.69, 9.17) is 5.26 Å². The van der Waals surface area contributed by atoms with Crippen LogP contribution >= 0.6 is 11.8 Å². The van der Waals surface area contributed by atoms with Crippen molar-refractivity contribution in [2.75, 3.05) is 11.6 Å². The van der Waals surface area contributed by atoms with Crippen LogP contribution in [-0.2, 0) is 0 Å². The van der Waals surface area contributed by atoms with E-state index in [2.05, 4.69) is 11.6 Å². The molecule has 5 nitrogen and oxygen atoms in total. The van der Waals surface area contributed by atoms with Gasteiger partial charge in [0.1, 0.15) is 11.6 Å². The van der Waals surface area contributed by atoms with Gasteiger partial charge in [0.25, 0.3) is 5.69 Å². The van der Waals surface area contributed by atoms with Gasteiger partial charge in [0.2, 0.25) is 0 Å². The molecule has 0 bridgehead atoms. The topological polar surface area (TPSA) is 79.0 Å². The molecule has 0 unspecified atom stereocenters. The Morgan fingerprint density at radius 2 is 2.32 bits per heavy atom. The van der Waals surface area contributed by atoms with E-state index in [1.807, 2.05) is 17.8 Å². The number of nitro benzene ring substituents is 1. The summed E-state index contributed by atoms with van der Waals surface area (Å²) in [6.07, 6.45) is 5.51. The van der Waals surface area contributed by atoms with Gasteiger partial charge < -0.3 is 5.32 Å². The van der Waals surface area contributed by atoms with Crippen molar-refractivity contribution in [2.24, 2.45) is 0 Å². The average molecular weight is 277 g/mol. The summed E-state index contributed by atoms with van der Waals surface area (Å²) in [5, 5.41) is 23.7. The van der Waals surface area contributed by atoms with E-state index in [1.54, 1.807) is 12.1 Å². The van der Waals surface area contributed by atoms with Crippen molar-refractivity contribution in [2.45, 2.75) is 30.6 Å². The molecule has 0 amide bonds. The minimum absolute atomic E-state index is 0.106. The lowest BCUT2D eigenvalue weighted by molar-refractivity contribution is -0.385. The second kappa shape index (κ2) is 5.93. The predicted molar refractivity (Wildman–Crippen MR) is 76.4 cm³/mol. The number of hydrogen-bond donors (Lipinski definition) is 1. The summed E-state index contributed by atoms with van der Waals surface area (Å²) in [7, 11) is 0. The van der Waals surface area contributed by atoms with Crippen molar-refractivity contribution in [1.29, 1.82) is 5.26 Å². The number of benzene rings is 1. The fourth-order valence-electron chi connectivity index (χ4n) is 2.40. The first-order chi connectivity index (χ1) is 9.13. The first-order valence-electron chi connectivity index (χ1n) is 6.12. The fourth-order valence-corrected chi connectivity index (χ4v) is 3.19. The van der Waals surface area contributed by atoms with Crippen LogP contribution in [0.4, 0.5) is 11.4 Å². The number of nitriles is 1. The van der Waals surface area contributed by atoms with Gasteiger partial charge >= 0.3 is 0 Å². The molecule has 19 heavy (non-hydrogen) atoms. The minimum Gasteiger partial charge on any atom is -0.382 e. The Hall–Kier alpha value is -1.74. The van der Waals surface area contributed by atoms with E-state index in [9.17, 15) is 10.1 Å². The lowest BCUT2D eigenvalue weighted by atomic mass is 10.1. The Balaban J connectivity index is 2.10. The monoisotopic (exact) mass is 277 g/mol. The molecular formula is C13H15N3O2S. The van der Waals surface area contributed by atoms with Crippen LogP contribution in [0.5, 0.6) is 0 Å². The van der Waals surface area contributed by atoms with E-state index < -0.39 is 4.92 Å². The molecule has 1 fully saturated rings. The highest BCUT2D eigenvalue weighted by atomic mass is 32.2. The third-order valence-electron chi connectivity index (χ3n) is 3.40. The van der Waals surface area contributed by atoms with Gasteiger partial charge in [-0.25, -0.2) is 0 Å². The van der Waals surface area contributed by atoms with E-state index in [-0.39, 0.29) is 11.3 Å². The number of anilines is 1. The molecule has 1 N–H and O–H groups in total. The van der Waals surface area contributed by atoms with Gasteiger partial charge in [-0.3, -0.25) is 10.1 Å². The number of hydrogen-bond acceptors (Lipinski definition) is 5. The maximum atomic E-state index is 10.7. The van der Waals surface area contributed by atoms with Crippen LogP contribution in [-0.4, -0.2) is 22.5 Å². The first kappa shape index (κ1) is 13.7. The summed E-state index contributed by atoms with van der Waals surface area (Å²) in [5.41, 5.74) is 0.754. The zero-order chi connectivity index (χ0) is 13.8. The maximum absolute atomic E-state index is 10.7. The molecule has 2 rings (SSSR count). The number of rotatable bonds is 4. The van der Waals surface area contributed by atoms with Gasteiger partial charge in [0.05, 0.1) is 4.92 Å². The minimum atomic E-state index is -0.526. The van der Waals surface area contributed by atoms with Crippen molar-refractivity contribution >= 4 is 23.1 Å².